The lowest BCUT2D eigenvalue weighted by molar-refractivity contribution is 0.507. The lowest BCUT2D eigenvalue weighted by Crippen LogP contribution is -2.52. The largest absolute Gasteiger partial charge is 0.388 e. The third kappa shape index (κ3) is 3.26. The third-order valence-electron chi connectivity index (χ3n) is 3.50. The molecule has 0 aliphatic carbocycles. The van der Waals surface area contributed by atoms with Crippen molar-refractivity contribution in [2.45, 2.75) is 13.1 Å². The van der Waals surface area contributed by atoms with Crippen LogP contribution in [-0.2, 0) is 4.79 Å². The van der Waals surface area contributed by atoms with Crippen molar-refractivity contribution >= 4 is 30.2 Å². The topological polar surface area (TPSA) is 62.4 Å². The second-order valence-corrected chi connectivity index (χ2v) is 9.50. The Hall–Kier alpha value is -2.67. The molecule has 2 aromatic rings. The number of hydrogen-bond donors (Lipinski definition) is 0. The zero-order chi connectivity index (χ0) is 15.3. The molecule has 0 aromatic heterocycles. The summed E-state index contributed by atoms with van der Waals surface area (Å²) in [7, 11) is -1.83. The van der Waals surface area contributed by atoms with Gasteiger partial charge in [0.25, 0.3) is 6.26 Å². The number of hydrogen-bond acceptors (Lipinski definition) is 4. The minimum absolute atomic E-state index is 0.543. The number of nitriles is 1. The Morgan fingerprint density at radius 3 is 2.00 bits per heavy atom. The monoisotopic (exact) mass is 294 g/mol. The molecule has 0 bridgehead atoms. The van der Waals surface area contributed by atoms with E-state index in [1.54, 1.807) is 18.4 Å². The van der Waals surface area contributed by atoms with Crippen molar-refractivity contribution in [3.05, 3.63) is 48.5 Å². The third-order valence-corrected chi connectivity index (χ3v) is 7.06. The molecule has 0 aliphatic heterocycles. The highest BCUT2D eigenvalue weighted by Gasteiger charge is 2.25. The molecule has 0 N–H and O–H groups in total. The highest BCUT2D eigenvalue weighted by molar-refractivity contribution is 7.00. The molecule has 2 rings (SSSR count). The minimum Gasteiger partial charge on any atom is -0.388 e. The molecule has 0 unspecified atom stereocenters. The van der Waals surface area contributed by atoms with Crippen LogP contribution >= 0.6 is 0 Å². The summed E-state index contributed by atoms with van der Waals surface area (Å²) in [5.74, 6) is 0.543. The van der Waals surface area contributed by atoms with Crippen LogP contribution in [0.4, 0.5) is 5.69 Å². The van der Waals surface area contributed by atoms with Crippen LogP contribution in [0.2, 0.25) is 13.1 Å². The van der Waals surface area contributed by atoms with Gasteiger partial charge in [0.1, 0.15) is 13.8 Å². The van der Waals surface area contributed by atoms with Crippen molar-refractivity contribution in [2.24, 2.45) is 4.99 Å². The zero-order valence-corrected chi connectivity index (χ0v) is 12.8. The van der Waals surface area contributed by atoms with Gasteiger partial charge in [-0.1, -0.05) is 47.7 Å². The molecule has 0 saturated heterocycles. The first kappa shape index (κ1) is 14.7. The molecule has 0 atom stereocenters. The van der Waals surface area contributed by atoms with E-state index in [-0.39, 0.29) is 0 Å². The summed E-state index contributed by atoms with van der Waals surface area (Å²) < 4.78 is 4.79. The smallest absolute Gasteiger partial charge is 0.292 e. The average molecular weight is 294 g/mol. The Labute approximate surface area is 124 Å². The lowest BCUT2D eigenvalue weighted by Gasteiger charge is -2.23. The van der Waals surface area contributed by atoms with Crippen LogP contribution in [-0.4, -0.2) is 14.2 Å². The van der Waals surface area contributed by atoms with E-state index < -0.39 is 8.07 Å². The fourth-order valence-corrected chi connectivity index (χ4v) is 4.50. The Bertz CT molecular complexity index is 709. The number of benzene rings is 2. The summed E-state index contributed by atoms with van der Waals surface area (Å²) in [6.07, 6.45) is 3.20. The molecule has 0 fully saturated rings. The maximum absolute atomic E-state index is 10.2. The fourth-order valence-electron chi connectivity index (χ4n) is 2.16. The van der Waals surface area contributed by atoms with E-state index in [0.29, 0.717) is 11.4 Å². The van der Waals surface area contributed by atoms with Crippen LogP contribution in [0.1, 0.15) is 0 Å². The van der Waals surface area contributed by atoms with Crippen molar-refractivity contribution in [1.29, 1.82) is 5.26 Å². The van der Waals surface area contributed by atoms with Crippen molar-refractivity contribution in [2.75, 3.05) is 0 Å². The van der Waals surface area contributed by atoms with Crippen LogP contribution < -0.4 is 15.1 Å². The van der Waals surface area contributed by atoms with E-state index in [0.717, 1.165) is 0 Å². The highest BCUT2D eigenvalue weighted by Crippen LogP contribution is 2.13. The first-order chi connectivity index (χ1) is 10.1. The number of rotatable bonds is 4. The maximum atomic E-state index is 10.2. The molecule has 0 spiro atoms. The van der Waals surface area contributed by atoms with Gasteiger partial charge in [-0.15, -0.1) is 5.26 Å². The van der Waals surface area contributed by atoms with E-state index in [4.69, 9.17) is 10.00 Å². The number of ether oxygens (including phenoxy) is 1. The minimum atomic E-state index is -1.83. The maximum Gasteiger partial charge on any atom is 0.292 e. The van der Waals surface area contributed by atoms with Gasteiger partial charge in [-0.3, -0.25) is 0 Å². The number of carbonyl (C=O) groups excluding carboxylic acids is 1. The number of aliphatic imine (C=N–C) groups is 1. The molecule has 104 valence electrons. The molecule has 0 saturated carbocycles. The summed E-state index contributed by atoms with van der Waals surface area (Å²) in [4.78, 5) is 13.8. The van der Waals surface area contributed by atoms with E-state index in [1.807, 2.05) is 36.4 Å². The summed E-state index contributed by atoms with van der Waals surface area (Å²) in [5.41, 5.74) is 0.608. The molecular formula is C16H14N2O2Si. The summed E-state index contributed by atoms with van der Waals surface area (Å²) in [5, 5.41) is 11.0. The second-order valence-electron chi connectivity index (χ2n) is 5.09. The van der Waals surface area contributed by atoms with Crippen LogP contribution in [0.5, 0.6) is 5.75 Å². The Morgan fingerprint density at radius 1 is 1.00 bits per heavy atom. The van der Waals surface area contributed by atoms with Crippen LogP contribution in [0.3, 0.4) is 0 Å². The standard InChI is InChI=1S/C16H14N2O2Si/c1-21(2,15-7-3-13(4-8-15)18-12-19)16-9-5-14(6-10-16)20-11-17/h3-10H,1-2H3. The quantitative estimate of drug-likeness (QED) is 0.376. The van der Waals surface area contributed by atoms with E-state index in [1.165, 1.54) is 16.5 Å². The van der Waals surface area contributed by atoms with Crippen LogP contribution in [0, 0.1) is 11.5 Å². The van der Waals surface area contributed by atoms with Gasteiger partial charge in [0.05, 0.1) is 5.69 Å². The normalized spacial score (nSPS) is 10.3. The molecule has 2 aromatic carbocycles. The van der Waals surface area contributed by atoms with Gasteiger partial charge in [0.15, 0.2) is 0 Å². The molecule has 0 heterocycles. The lowest BCUT2D eigenvalue weighted by atomic mass is 10.3. The molecule has 5 heteroatoms. The molecule has 0 radical (unpaired) electrons. The van der Waals surface area contributed by atoms with Gasteiger partial charge in [-0.2, -0.15) is 4.99 Å². The Balaban J connectivity index is 2.31. The molecule has 0 aliphatic rings. The van der Waals surface area contributed by atoms with Gasteiger partial charge < -0.3 is 4.74 Å². The van der Waals surface area contributed by atoms with Crippen LogP contribution in [0.15, 0.2) is 53.5 Å². The summed E-state index contributed by atoms with van der Waals surface area (Å²) >= 11 is 0. The predicted molar refractivity (Wildman–Crippen MR) is 83.7 cm³/mol. The van der Waals surface area contributed by atoms with Crippen LogP contribution in [0.25, 0.3) is 0 Å². The van der Waals surface area contributed by atoms with Gasteiger partial charge in [-0.05, 0) is 24.3 Å². The first-order valence-corrected chi connectivity index (χ1v) is 9.43. The summed E-state index contributed by atoms with van der Waals surface area (Å²) in [6, 6.07) is 15.2. The van der Waals surface area contributed by atoms with E-state index in [9.17, 15) is 4.79 Å². The molecule has 21 heavy (non-hydrogen) atoms. The van der Waals surface area contributed by atoms with Crippen molar-refractivity contribution in [3.63, 3.8) is 0 Å². The first-order valence-electron chi connectivity index (χ1n) is 6.43. The Kier molecular flexibility index (Phi) is 4.34. The van der Waals surface area contributed by atoms with E-state index in [2.05, 4.69) is 18.1 Å². The SMILES string of the molecule is C[Si](C)(c1ccc(N=C=O)cc1)c1ccc(OC#N)cc1. The highest BCUT2D eigenvalue weighted by atomic mass is 28.3. The van der Waals surface area contributed by atoms with E-state index >= 15 is 0 Å². The van der Waals surface area contributed by atoms with Gasteiger partial charge >= 0.3 is 0 Å². The summed E-state index contributed by atoms with van der Waals surface area (Å²) in [6.45, 7) is 4.48. The Morgan fingerprint density at radius 2 is 1.52 bits per heavy atom. The molecule has 0 amide bonds. The van der Waals surface area contributed by atoms with Gasteiger partial charge in [-0.25, -0.2) is 4.79 Å². The number of nitrogens with zero attached hydrogens (tertiary/aromatic N) is 2. The van der Waals surface area contributed by atoms with Crippen molar-refractivity contribution in [3.8, 4) is 12.0 Å². The average Bonchev–Trinajstić information content (AvgIpc) is 2.49. The van der Waals surface area contributed by atoms with Crippen molar-refractivity contribution in [1.82, 2.24) is 0 Å². The predicted octanol–water partition coefficient (Wildman–Crippen LogP) is 2.34. The molecular weight excluding hydrogens is 280 g/mol. The zero-order valence-electron chi connectivity index (χ0n) is 11.8. The molecule has 4 nitrogen and oxygen atoms in total. The fraction of sp³-hybridized carbons (Fsp3) is 0.125. The van der Waals surface area contributed by atoms with Gasteiger partial charge in [0, 0.05) is 0 Å². The second kappa shape index (κ2) is 6.19. The van der Waals surface area contributed by atoms with Crippen molar-refractivity contribution < 1.29 is 9.53 Å². The van der Waals surface area contributed by atoms with Gasteiger partial charge in [0.2, 0.25) is 6.08 Å². The number of isocyanates is 1.